The molecule has 0 radical (unpaired) electrons. The molecule has 1 aliphatic carbocycles. The summed E-state index contributed by atoms with van der Waals surface area (Å²) in [4.78, 5) is 3.10. The molecule has 1 aliphatic heterocycles. The molecule has 13 heteroatoms. The van der Waals surface area contributed by atoms with Crippen LogP contribution in [0.4, 0.5) is 5.69 Å². The maximum Gasteiger partial charge on any atom is 0.262 e. The van der Waals surface area contributed by atoms with Gasteiger partial charge in [-0.2, -0.15) is 4.57 Å². The number of halogens is 1. The van der Waals surface area contributed by atoms with Crippen molar-refractivity contribution in [2.45, 2.75) is 37.1 Å². The van der Waals surface area contributed by atoms with Gasteiger partial charge in [-0.15, -0.1) is 0 Å². The number of aromatic nitrogens is 1. The zero-order chi connectivity index (χ0) is 29.9. The zero-order valence-corrected chi connectivity index (χ0v) is 26.5. The van der Waals surface area contributed by atoms with E-state index in [0.717, 1.165) is 54.8 Å². The molecule has 0 atom stereocenters. The van der Waals surface area contributed by atoms with Crippen LogP contribution in [0.1, 0.15) is 30.7 Å². The van der Waals surface area contributed by atoms with Crippen molar-refractivity contribution >= 4 is 76.9 Å². The largest absolute Gasteiger partial charge is 0.748 e. The molecule has 0 unspecified atom stereocenters. The van der Waals surface area contributed by atoms with E-state index in [0.29, 0.717) is 18.1 Å². The molecular weight excluding hydrogens is 636 g/mol. The first kappa shape index (κ1) is 31.0. The van der Waals surface area contributed by atoms with Gasteiger partial charge in [0, 0.05) is 46.5 Å². The molecule has 0 spiro atoms. The lowest BCUT2D eigenvalue weighted by atomic mass is 10.2. The summed E-state index contributed by atoms with van der Waals surface area (Å²) in [5, 5.41) is 2.55. The molecule has 1 aromatic heterocycles. The predicted molar refractivity (Wildman–Crippen MR) is 167 cm³/mol. The summed E-state index contributed by atoms with van der Waals surface area (Å²) in [7, 11) is -8.56. The minimum absolute atomic E-state index is 0.231. The maximum absolute atomic E-state index is 11.1. The Morgan fingerprint density at radius 3 is 2.40 bits per heavy atom. The molecule has 0 N–H and O–H groups in total. The van der Waals surface area contributed by atoms with Crippen molar-refractivity contribution in [1.29, 1.82) is 0 Å². The van der Waals surface area contributed by atoms with Crippen LogP contribution in [0, 0.1) is 0 Å². The Labute approximate surface area is 259 Å². The summed E-state index contributed by atoms with van der Waals surface area (Å²) in [6.45, 7) is 0.821. The topological polar surface area (TPSA) is 122 Å². The number of fused-ring (bicyclic) bond motifs is 2. The Kier molecular flexibility index (Phi) is 9.63. The van der Waals surface area contributed by atoms with Crippen molar-refractivity contribution in [3.8, 4) is 0 Å². The van der Waals surface area contributed by atoms with E-state index in [1.54, 1.807) is 23.1 Å². The number of thiazole rings is 1. The molecule has 0 saturated heterocycles. The van der Waals surface area contributed by atoms with Gasteiger partial charge < -0.3 is 14.0 Å². The lowest BCUT2D eigenvalue weighted by molar-refractivity contribution is -0.668. The molecule has 2 aliphatic rings. The second kappa shape index (κ2) is 13.0. The van der Waals surface area contributed by atoms with Crippen molar-refractivity contribution in [3.05, 3.63) is 93.0 Å². The van der Waals surface area contributed by atoms with Crippen LogP contribution in [-0.4, -0.2) is 44.0 Å². The second-order valence-corrected chi connectivity index (χ2v) is 15.4. The summed E-state index contributed by atoms with van der Waals surface area (Å²) in [6, 6.07) is 15.7. The molecule has 42 heavy (non-hydrogen) atoms. The van der Waals surface area contributed by atoms with Crippen LogP contribution in [-0.2, 0) is 26.8 Å². The SMILES string of the molecule is O=S(=O)([O-])CCCN1C(=CC=C2CCC(C=Cc3sc4ccccc4[n+]3CCCS(=O)(=O)[O-])=C2Cl)Sc2ccccc21. The van der Waals surface area contributed by atoms with Gasteiger partial charge >= 0.3 is 0 Å². The highest BCUT2D eigenvalue weighted by Crippen LogP contribution is 2.46. The number of anilines is 1. The summed E-state index contributed by atoms with van der Waals surface area (Å²) < 4.78 is 69.9. The van der Waals surface area contributed by atoms with Crippen LogP contribution in [0.5, 0.6) is 0 Å². The van der Waals surface area contributed by atoms with Gasteiger partial charge in [-0.3, -0.25) is 0 Å². The van der Waals surface area contributed by atoms with Gasteiger partial charge in [0.15, 0.2) is 6.54 Å². The van der Waals surface area contributed by atoms with Crippen molar-refractivity contribution < 1.29 is 30.5 Å². The number of allylic oxidation sites excluding steroid dienone is 6. The smallest absolute Gasteiger partial charge is 0.262 e. The van der Waals surface area contributed by atoms with Crippen molar-refractivity contribution in [3.63, 3.8) is 0 Å². The molecule has 0 saturated carbocycles. The van der Waals surface area contributed by atoms with Crippen LogP contribution in [0.15, 0.2) is 92.9 Å². The Bertz CT molecular complexity index is 1840. The molecule has 3 aromatic rings. The van der Waals surface area contributed by atoms with E-state index in [-0.39, 0.29) is 12.8 Å². The maximum atomic E-state index is 11.1. The average Bonchev–Trinajstić information content (AvgIpc) is 3.58. The van der Waals surface area contributed by atoms with Crippen molar-refractivity contribution in [2.75, 3.05) is 23.0 Å². The fraction of sp³-hybridized carbons (Fsp3) is 0.276. The van der Waals surface area contributed by atoms with Gasteiger partial charge in [-0.25, -0.2) is 16.8 Å². The van der Waals surface area contributed by atoms with E-state index < -0.39 is 31.7 Å². The first-order valence-electron chi connectivity index (χ1n) is 13.3. The van der Waals surface area contributed by atoms with E-state index in [1.807, 2.05) is 82.3 Å². The summed E-state index contributed by atoms with van der Waals surface area (Å²) in [5.41, 5.74) is 3.95. The monoisotopic (exact) mass is 663 g/mol. The molecule has 2 aromatic carbocycles. The average molecular weight is 664 g/mol. The number of hydrogen-bond donors (Lipinski definition) is 0. The van der Waals surface area contributed by atoms with Gasteiger partial charge in [0.1, 0.15) is 4.70 Å². The number of benzene rings is 2. The number of rotatable bonds is 11. The van der Waals surface area contributed by atoms with Gasteiger partial charge in [-0.05, 0) is 54.7 Å². The number of aryl methyl sites for hydroxylation is 1. The fourth-order valence-corrected chi connectivity index (χ4v) is 8.43. The Morgan fingerprint density at radius 1 is 0.905 bits per heavy atom. The lowest BCUT2D eigenvalue weighted by Gasteiger charge is -2.20. The molecule has 5 rings (SSSR count). The quantitative estimate of drug-likeness (QED) is 0.188. The highest BCUT2D eigenvalue weighted by Gasteiger charge is 2.25. The van der Waals surface area contributed by atoms with Crippen molar-refractivity contribution in [1.82, 2.24) is 0 Å². The van der Waals surface area contributed by atoms with Gasteiger partial charge in [0.05, 0.1) is 31.0 Å². The molecule has 2 heterocycles. The normalized spacial score (nSPS) is 17.9. The molecule has 0 amide bonds. The number of hydrogen-bond acceptors (Lipinski definition) is 9. The highest BCUT2D eigenvalue weighted by molar-refractivity contribution is 8.03. The Morgan fingerprint density at radius 2 is 1.62 bits per heavy atom. The number of thioether (sulfide) groups is 1. The lowest BCUT2D eigenvalue weighted by Crippen LogP contribution is -2.35. The minimum Gasteiger partial charge on any atom is -0.748 e. The molecule has 0 bridgehead atoms. The molecule has 0 fully saturated rings. The third-order valence-electron chi connectivity index (χ3n) is 6.91. The predicted octanol–water partition coefficient (Wildman–Crippen LogP) is 5.74. The fourth-order valence-electron chi connectivity index (χ4n) is 4.97. The van der Waals surface area contributed by atoms with Crippen LogP contribution < -0.4 is 9.47 Å². The van der Waals surface area contributed by atoms with Crippen LogP contribution in [0.3, 0.4) is 0 Å². The first-order chi connectivity index (χ1) is 20.0. The third-order valence-corrected chi connectivity index (χ3v) is 11.2. The number of nitrogens with zero attached hydrogens (tertiary/aromatic N) is 2. The van der Waals surface area contributed by atoms with E-state index in [4.69, 9.17) is 11.6 Å². The van der Waals surface area contributed by atoms with Gasteiger partial charge in [0.2, 0.25) is 5.52 Å². The summed E-state index contributed by atoms with van der Waals surface area (Å²) in [6.07, 6.45) is 9.97. The Hall–Kier alpha value is -2.45. The van der Waals surface area contributed by atoms with E-state index >= 15 is 0 Å². The standard InChI is InChI=1S/C29H29ClN2O6S4/c30-29-21(13-15-27-31(17-5-19-41(33,34)35)23-7-1-3-9-25(23)39-27)11-12-22(29)14-16-28-32(18-6-20-42(36,37)38)24-8-2-4-10-26(24)40-28/h1-4,7-10,13-16H,5-6,11-12,17-20H2,(H-,33,34,35,36,37,38)/p-1. The third kappa shape index (κ3) is 7.73. The molecular formula is C29H28ClN2O6S4-. The van der Waals surface area contributed by atoms with Crippen molar-refractivity contribution in [2.24, 2.45) is 0 Å². The summed E-state index contributed by atoms with van der Waals surface area (Å²) >= 11 is 9.99. The molecule has 8 nitrogen and oxygen atoms in total. The highest BCUT2D eigenvalue weighted by atomic mass is 35.5. The molecule has 222 valence electrons. The minimum atomic E-state index is -4.28. The van der Waals surface area contributed by atoms with Crippen LogP contribution in [0.2, 0.25) is 0 Å². The van der Waals surface area contributed by atoms with E-state index in [1.165, 1.54) is 0 Å². The summed E-state index contributed by atoms with van der Waals surface area (Å²) in [5.74, 6) is -0.820. The second-order valence-electron chi connectivity index (χ2n) is 9.88. The van der Waals surface area contributed by atoms with Crippen LogP contribution in [0.25, 0.3) is 16.3 Å². The Balaban J connectivity index is 1.36. The number of para-hydroxylation sites is 2. The van der Waals surface area contributed by atoms with Crippen LogP contribution >= 0.6 is 34.7 Å². The zero-order valence-electron chi connectivity index (χ0n) is 22.4. The first-order valence-corrected chi connectivity index (χ1v) is 18.5. The van der Waals surface area contributed by atoms with Gasteiger partial charge in [0.25, 0.3) is 5.01 Å². The van der Waals surface area contributed by atoms with E-state index in [9.17, 15) is 25.9 Å². The van der Waals surface area contributed by atoms with Gasteiger partial charge in [-0.1, -0.05) is 71.1 Å². The van der Waals surface area contributed by atoms with E-state index in [2.05, 4.69) is 0 Å².